The summed E-state index contributed by atoms with van der Waals surface area (Å²) in [7, 11) is 1.72. The molecule has 1 atom stereocenters. The predicted octanol–water partition coefficient (Wildman–Crippen LogP) is 2.04. The van der Waals surface area contributed by atoms with Crippen molar-refractivity contribution < 1.29 is 4.74 Å². The molecule has 0 amide bonds. The van der Waals surface area contributed by atoms with Gasteiger partial charge < -0.3 is 15.8 Å². The van der Waals surface area contributed by atoms with Crippen LogP contribution in [0.15, 0.2) is 18.2 Å². The van der Waals surface area contributed by atoms with Gasteiger partial charge in [0.25, 0.3) is 0 Å². The number of nitrogens with one attached hydrogen (secondary N) is 1. The SMILES string of the molecule is COc1cc(C(C)C)ccc1C(N)C1CNC1. The lowest BCUT2D eigenvalue weighted by atomic mass is 9.87. The van der Waals surface area contributed by atoms with Crippen molar-refractivity contribution in [2.45, 2.75) is 25.8 Å². The van der Waals surface area contributed by atoms with Gasteiger partial charge in [-0.2, -0.15) is 0 Å². The Labute approximate surface area is 103 Å². The molecule has 1 saturated heterocycles. The standard InChI is InChI=1S/C14H22N2O/c1-9(2)10-4-5-12(13(6-10)17-3)14(15)11-7-16-8-11/h4-6,9,11,14,16H,7-8,15H2,1-3H3. The number of rotatable bonds is 4. The lowest BCUT2D eigenvalue weighted by molar-refractivity contribution is 0.288. The number of methoxy groups -OCH3 is 1. The first-order valence-corrected chi connectivity index (χ1v) is 6.27. The molecule has 94 valence electrons. The maximum atomic E-state index is 6.28. The molecule has 1 heterocycles. The van der Waals surface area contributed by atoms with Crippen LogP contribution in [0.3, 0.4) is 0 Å². The average molecular weight is 234 g/mol. The molecule has 3 heteroatoms. The van der Waals surface area contributed by atoms with Gasteiger partial charge in [-0.05, 0) is 17.5 Å². The Hall–Kier alpha value is -1.06. The molecular formula is C14H22N2O. The van der Waals surface area contributed by atoms with E-state index in [1.807, 2.05) is 0 Å². The summed E-state index contributed by atoms with van der Waals surface area (Å²) in [6, 6.07) is 6.48. The highest BCUT2D eigenvalue weighted by atomic mass is 16.5. The Morgan fingerprint density at radius 1 is 1.35 bits per heavy atom. The monoisotopic (exact) mass is 234 g/mol. The summed E-state index contributed by atoms with van der Waals surface area (Å²) < 4.78 is 5.48. The number of hydrogen-bond donors (Lipinski definition) is 2. The molecule has 0 radical (unpaired) electrons. The molecule has 1 aromatic rings. The third kappa shape index (κ3) is 2.45. The average Bonchev–Trinajstić information content (AvgIpc) is 2.25. The maximum absolute atomic E-state index is 6.28. The third-order valence-corrected chi connectivity index (χ3v) is 3.60. The molecule has 1 fully saturated rings. The predicted molar refractivity (Wildman–Crippen MR) is 70.4 cm³/mol. The van der Waals surface area contributed by atoms with Gasteiger partial charge in [0.1, 0.15) is 5.75 Å². The highest BCUT2D eigenvalue weighted by Crippen LogP contribution is 2.32. The van der Waals surface area contributed by atoms with Crippen LogP contribution in [0.2, 0.25) is 0 Å². The van der Waals surface area contributed by atoms with E-state index >= 15 is 0 Å². The van der Waals surface area contributed by atoms with Crippen molar-refractivity contribution in [3.8, 4) is 5.75 Å². The van der Waals surface area contributed by atoms with E-state index in [0.29, 0.717) is 11.8 Å². The molecule has 3 nitrogen and oxygen atoms in total. The summed E-state index contributed by atoms with van der Waals surface area (Å²) in [6.45, 7) is 6.39. The van der Waals surface area contributed by atoms with E-state index < -0.39 is 0 Å². The van der Waals surface area contributed by atoms with E-state index in [-0.39, 0.29) is 6.04 Å². The Balaban J connectivity index is 2.26. The molecule has 1 aliphatic rings. The molecular weight excluding hydrogens is 212 g/mol. The van der Waals surface area contributed by atoms with Gasteiger partial charge in [0, 0.05) is 30.6 Å². The summed E-state index contributed by atoms with van der Waals surface area (Å²) in [4.78, 5) is 0. The van der Waals surface area contributed by atoms with Crippen LogP contribution in [0.4, 0.5) is 0 Å². The van der Waals surface area contributed by atoms with Gasteiger partial charge in [-0.25, -0.2) is 0 Å². The zero-order chi connectivity index (χ0) is 12.4. The Kier molecular flexibility index (Phi) is 3.69. The molecule has 0 aromatic heterocycles. The van der Waals surface area contributed by atoms with E-state index in [9.17, 15) is 0 Å². The van der Waals surface area contributed by atoms with Crippen LogP contribution >= 0.6 is 0 Å². The molecule has 1 unspecified atom stereocenters. The third-order valence-electron chi connectivity index (χ3n) is 3.60. The molecule has 0 bridgehead atoms. The van der Waals surface area contributed by atoms with Crippen molar-refractivity contribution in [3.63, 3.8) is 0 Å². The Morgan fingerprint density at radius 2 is 2.06 bits per heavy atom. The van der Waals surface area contributed by atoms with Gasteiger partial charge >= 0.3 is 0 Å². The van der Waals surface area contributed by atoms with Gasteiger partial charge in [0.15, 0.2) is 0 Å². The fourth-order valence-corrected chi connectivity index (χ4v) is 2.18. The second kappa shape index (κ2) is 5.07. The molecule has 0 saturated carbocycles. The Morgan fingerprint density at radius 3 is 2.53 bits per heavy atom. The maximum Gasteiger partial charge on any atom is 0.123 e. The van der Waals surface area contributed by atoms with Crippen LogP contribution in [-0.4, -0.2) is 20.2 Å². The molecule has 1 aliphatic heterocycles. The summed E-state index contributed by atoms with van der Waals surface area (Å²) in [6.07, 6.45) is 0. The topological polar surface area (TPSA) is 47.3 Å². The van der Waals surface area contributed by atoms with Gasteiger partial charge in [-0.3, -0.25) is 0 Å². The summed E-state index contributed by atoms with van der Waals surface area (Å²) in [5, 5.41) is 3.26. The van der Waals surface area contributed by atoms with Gasteiger partial charge in [0.05, 0.1) is 7.11 Å². The van der Waals surface area contributed by atoms with Crippen molar-refractivity contribution in [1.29, 1.82) is 0 Å². The van der Waals surface area contributed by atoms with E-state index in [1.54, 1.807) is 7.11 Å². The van der Waals surface area contributed by atoms with Crippen molar-refractivity contribution >= 4 is 0 Å². The number of nitrogens with two attached hydrogens (primary N) is 1. The van der Waals surface area contributed by atoms with Crippen LogP contribution in [-0.2, 0) is 0 Å². The van der Waals surface area contributed by atoms with Crippen LogP contribution in [0.1, 0.15) is 36.9 Å². The first-order valence-electron chi connectivity index (χ1n) is 6.27. The van der Waals surface area contributed by atoms with Crippen LogP contribution in [0.25, 0.3) is 0 Å². The lowest BCUT2D eigenvalue weighted by Gasteiger charge is -2.33. The minimum atomic E-state index is 0.0763. The van der Waals surface area contributed by atoms with Gasteiger partial charge in [0.2, 0.25) is 0 Å². The normalized spacial score (nSPS) is 17.9. The smallest absolute Gasteiger partial charge is 0.123 e. The van der Waals surface area contributed by atoms with E-state index in [0.717, 1.165) is 24.4 Å². The van der Waals surface area contributed by atoms with Crippen molar-refractivity contribution in [3.05, 3.63) is 29.3 Å². The van der Waals surface area contributed by atoms with Crippen LogP contribution in [0, 0.1) is 5.92 Å². The Bertz CT molecular complexity index is 386. The zero-order valence-electron chi connectivity index (χ0n) is 10.9. The first-order chi connectivity index (χ1) is 8.13. The largest absolute Gasteiger partial charge is 0.496 e. The van der Waals surface area contributed by atoms with Gasteiger partial charge in [-0.15, -0.1) is 0 Å². The number of hydrogen-bond acceptors (Lipinski definition) is 3. The number of ether oxygens (including phenoxy) is 1. The van der Waals surface area contributed by atoms with Crippen molar-refractivity contribution in [2.24, 2.45) is 11.7 Å². The zero-order valence-corrected chi connectivity index (χ0v) is 10.9. The fourth-order valence-electron chi connectivity index (χ4n) is 2.18. The molecule has 0 aliphatic carbocycles. The van der Waals surface area contributed by atoms with E-state index in [2.05, 4.69) is 37.4 Å². The molecule has 3 N–H and O–H groups in total. The van der Waals surface area contributed by atoms with E-state index in [1.165, 1.54) is 5.56 Å². The lowest BCUT2D eigenvalue weighted by Crippen LogP contribution is -2.47. The van der Waals surface area contributed by atoms with Crippen molar-refractivity contribution in [1.82, 2.24) is 5.32 Å². The summed E-state index contributed by atoms with van der Waals surface area (Å²) >= 11 is 0. The summed E-state index contributed by atoms with van der Waals surface area (Å²) in [5.74, 6) is 1.98. The van der Waals surface area contributed by atoms with Crippen molar-refractivity contribution in [2.75, 3.05) is 20.2 Å². The fraction of sp³-hybridized carbons (Fsp3) is 0.571. The highest BCUT2D eigenvalue weighted by Gasteiger charge is 2.27. The quantitative estimate of drug-likeness (QED) is 0.838. The van der Waals surface area contributed by atoms with Crippen LogP contribution in [0.5, 0.6) is 5.75 Å². The summed E-state index contributed by atoms with van der Waals surface area (Å²) in [5.41, 5.74) is 8.71. The minimum Gasteiger partial charge on any atom is -0.496 e. The molecule has 17 heavy (non-hydrogen) atoms. The molecule has 2 rings (SSSR count). The highest BCUT2D eigenvalue weighted by molar-refractivity contribution is 5.41. The van der Waals surface area contributed by atoms with E-state index in [4.69, 9.17) is 10.5 Å². The minimum absolute atomic E-state index is 0.0763. The molecule has 1 aromatic carbocycles. The second-order valence-electron chi connectivity index (χ2n) is 5.10. The van der Waals surface area contributed by atoms with Crippen LogP contribution < -0.4 is 15.8 Å². The second-order valence-corrected chi connectivity index (χ2v) is 5.10. The number of benzene rings is 1. The first kappa shape index (κ1) is 12.4. The van der Waals surface area contributed by atoms with Gasteiger partial charge in [-0.1, -0.05) is 26.0 Å². The molecule has 0 spiro atoms.